The summed E-state index contributed by atoms with van der Waals surface area (Å²) >= 11 is 5.85. The number of aromatic carboxylic acids is 1. The number of amides is 1. The van der Waals surface area contributed by atoms with Crippen LogP contribution in [0.25, 0.3) is 5.69 Å². The summed E-state index contributed by atoms with van der Waals surface area (Å²) in [5.74, 6) is -1.88. The molecule has 148 valence electrons. The average Bonchev–Trinajstić information content (AvgIpc) is 2.66. The summed E-state index contributed by atoms with van der Waals surface area (Å²) in [5.41, 5.74) is -1.50. The van der Waals surface area contributed by atoms with Crippen molar-refractivity contribution in [3.8, 4) is 5.69 Å². The maximum Gasteiger partial charge on any atom is 0.362 e. The van der Waals surface area contributed by atoms with Crippen molar-refractivity contribution < 1.29 is 14.7 Å². The van der Waals surface area contributed by atoms with Crippen LogP contribution in [0.2, 0.25) is 5.02 Å². The molecule has 0 aliphatic rings. The van der Waals surface area contributed by atoms with Gasteiger partial charge in [0, 0.05) is 17.6 Å². The second-order valence-electron chi connectivity index (χ2n) is 6.10. The first-order valence-corrected chi connectivity index (χ1v) is 8.74. The summed E-state index contributed by atoms with van der Waals surface area (Å²) in [4.78, 5) is 48.2. The van der Waals surface area contributed by atoms with E-state index in [1.807, 2.05) is 0 Å². The molecule has 0 radical (unpaired) electrons. The van der Waals surface area contributed by atoms with Gasteiger partial charge in [0.1, 0.15) is 0 Å². The Morgan fingerprint density at radius 1 is 1.14 bits per heavy atom. The lowest BCUT2D eigenvalue weighted by Gasteiger charge is -2.12. The van der Waals surface area contributed by atoms with Crippen molar-refractivity contribution in [2.24, 2.45) is 0 Å². The van der Waals surface area contributed by atoms with Gasteiger partial charge in [-0.1, -0.05) is 29.8 Å². The molecule has 0 bridgehead atoms. The van der Waals surface area contributed by atoms with Gasteiger partial charge in [-0.3, -0.25) is 14.2 Å². The Labute approximate surface area is 168 Å². The Hall–Kier alpha value is -3.72. The zero-order chi connectivity index (χ0) is 21.1. The SMILES string of the molecule is CC(=O)Nc1cccc(-n2nc(C(=O)O)c(=O)n(Cc3ccc(Cl)cc3)c2=O)c1. The molecular formula is C19H15ClN4O5. The Morgan fingerprint density at radius 3 is 2.45 bits per heavy atom. The number of benzene rings is 2. The fraction of sp³-hybridized carbons (Fsp3) is 0.105. The molecule has 29 heavy (non-hydrogen) atoms. The van der Waals surface area contributed by atoms with Gasteiger partial charge in [0.15, 0.2) is 0 Å². The lowest BCUT2D eigenvalue weighted by molar-refractivity contribution is -0.114. The van der Waals surface area contributed by atoms with E-state index in [-0.39, 0.29) is 18.1 Å². The van der Waals surface area contributed by atoms with Gasteiger partial charge in [0.05, 0.1) is 12.2 Å². The Kier molecular flexibility index (Phi) is 5.60. The third-order valence-corrected chi connectivity index (χ3v) is 4.18. The highest BCUT2D eigenvalue weighted by molar-refractivity contribution is 6.30. The van der Waals surface area contributed by atoms with Gasteiger partial charge in [0.2, 0.25) is 11.6 Å². The lowest BCUT2D eigenvalue weighted by Crippen LogP contribution is -2.44. The van der Waals surface area contributed by atoms with Crippen molar-refractivity contribution in [2.45, 2.75) is 13.5 Å². The molecule has 0 atom stereocenters. The summed E-state index contributed by atoms with van der Waals surface area (Å²) < 4.78 is 1.59. The molecule has 0 fully saturated rings. The van der Waals surface area contributed by atoms with Crippen LogP contribution in [0.1, 0.15) is 23.0 Å². The van der Waals surface area contributed by atoms with E-state index in [0.29, 0.717) is 16.3 Å². The minimum atomic E-state index is -1.56. The molecule has 0 saturated heterocycles. The number of carbonyl (C=O) groups is 2. The van der Waals surface area contributed by atoms with E-state index < -0.39 is 22.9 Å². The van der Waals surface area contributed by atoms with Crippen LogP contribution >= 0.6 is 11.6 Å². The zero-order valence-corrected chi connectivity index (χ0v) is 15.9. The van der Waals surface area contributed by atoms with Crippen LogP contribution in [0, 0.1) is 0 Å². The second kappa shape index (κ2) is 8.11. The van der Waals surface area contributed by atoms with Crippen molar-refractivity contribution >= 4 is 29.2 Å². The average molecular weight is 415 g/mol. The van der Waals surface area contributed by atoms with E-state index in [4.69, 9.17) is 11.6 Å². The molecule has 0 aliphatic carbocycles. The van der Waals surface area contributed by atoms with Gasteiger partial charge >= 0.3 is 11.7 Å². The molecule has 3 aromatic rings. The number of anilines is 1. The number of carbonyl (C=O) groups excluding carboxylic acids is 1. The number of carboxylic acid groups (broad SMARTS) is 1. The number of nitrogens with zero attached hydrogens (tertiary/aromatic N) is 3. The summed E-state index contributed by atoms with van der Waals surface area (Å²) in [5, 5.41) is 16.1. The molecule has 3 rings (SSSR count). The minimum absolute atomic E-state index is 0.164. The van der Waals surface area contributed by atoms with Gasteiger partial charge in [0.25, 0.3) is 5.56 Å². The minimum Gasteiger partial charge on any atom is -0.476 e. The van der Waals surface area contributed by atoms with Gasteiger partial charge < -0.3 is 10.4 Å². The largest absolute Gasteiger partial charge is 0.476 e. The van der Waals surface area contributed by atoms with E-state index in [9.17, 15) is 24.3 Å². The molecule has 1 aromatic heterocycles. The van der Waals surface area contributed by atoms with Crippen molar-refractivity contribution in [2.75, 3.05) is 5.32 Å². The number of rotatable bonds is 5. The van der Waals surface area contributed by atoms with E-state index in [1.165, 1.54) is 19.1 Å². The third-order valence-electron chi connectivity index (χ3n) is 3.93. The summed E-state index contributed by atoms with van der Waals surface area (Å²) in [6.45, 7) is 1.16. The zero-order valence-electron chi connectivity index (χ0n) is 15.1. The summed E-state index contributed by atoms with van der Waals surface area (Å²) in [7, 11) is 0. The molecule has 1 amide bonds. The van der Waals surface area contributed by atoms with Gasteiger partial charge in [-0.15, -0.1) is 0 Å². The first kappa shape index (κ1) is 20.0. The van der Waals surface area contributed by atoms with Crippen molar-refractivity contribution in [1.82, 2.24) is 14.3 Å². The maximum atomic E-state index is 12.9. The Morgan fingerprint density at radius 2 is 1.83 bits per heavy atom. The lowest BCUT2D eigenvalue weighted by atomic mass is 10.2. The molecule has 10 heteroatoms. The first-order chi connectivity index (χ1) is 13.8. The van der Waals surface area contributed by atoms with E-state index >= 15 is 0 Å². The quantitative estimate of drug-likeness (QED) is 0.655. The highest BCUT2D eigenvalue weighted by atomic mass is 35.5. The first-order valence-electron chi connectivity index (χ1n) is 8.36. The van der Waals surface area contributed by atoms with Crippen LogP contribution in [0.4, 0.5) is 5.69 Å². The summed E-state index contributed by atoms with van der Waals surface area (Å²) in [6.07, 6.45) is 0. The summed E-state index contributed by atoms with van der Waals surface area (Å²) in [6, 6.07) is 12.5. The second-order valence-corrected chi connectivity index (χ2v) is 6.53. The van der Waals surface area contributed by atoms with Crippen LogP contribution in [-0.2, 0) is 11.3 Å². The molecule has 2 aromatic carbocycles. The van der Waals surface area contributed by atoms with E-state index in [2.05, 4.69) is 10.4 Å². The Balaban J connectivity index is 2.18. The maximum absolute atomic E-state index is 12.9. The number of hydrogen-bond acceptors (Lipinski definition) is 5. The molecule has 0 spiro atoms. The molecule has 1 heterocycles. The molecule has 0 saturated carbocycles. The predicted molar refractivity (Wildman–Crippen MR) is 106 cm³/mol. The van der Waals surface area contributed by atoms with Gasteiger partial charge in [-0.25, -0.2) is 9.59 Å². The third kappa shape index (κ3) is 4.41. The molecular weight excluding hydrogens is 400 g/mol. The normalized spacial score (nSPS) is 10.6. The van der Waals surface area contributed by atoms with Gasteiger partial charge in [-0.2, -0.15) is 9.78 Å². The predicted octanol–water partition coefficient (Wildman–Crippen LogP) is 1.75. The fourth-order valence-electron chi connectivity index (χ4n) is 2.65. The highest BCUT2D eigenvalue weighted by Gasteiger charge is 2.20. The standard InChI is InChI=1S/C19H15ClN4O5/c1-11(25)21-14-3-2-4-15(9-14)24-19(29)23(17(26)16(22-24)18(27)28)10-12-5-7-13(20)8-6-12/h2-9H,10H2,1H3,(H,21,25)(H,27,28). The number of halogens is 1. The molecule has 2 N–H and O–H groups in total. The number of carboxylic acids is 1. The number of aromatic nitrogens is 3. The van der Waals surface area contributed by atoms with Gasteiger partial charge in [-0.05, 0) is 35.9 Å². The van der Waals surface area contributed by atoms with Crippen LogP contribution in [-0.4, -0.2) is 31.3 Å². The van der Waals surface area contributed by atoms with Crippen LogP contribution in [0.15, 0.2) is 58.1 Å². The van der Waals surface area contributed by atoms with E-state index in [0.717, 1.165) is 9.25 Å². The van der Waals surface area contributed by atoms with Crippen molar-refractivity contribution in [1.29, 1.82) is 0 Å². The van der Waals surface area contributed by atoms with Crippen molar-refractivity contribution in [3.05, 3.63) is 85.6 Å². The number of hydrogen-bond donors (Lipinski definition) is 2. The monoisotopic (exact) mass is 414 g/mol. The highest BCUT2D eigenvalue weighted by Crippen LogP contribution is 2.13. The fourth-order valence-corrected chi connectivity index (χ4v) is 2.77. The molecule has 0 unspecified atom stereocenters. The topological polar surface area (TPSA) is 123 Å². The van der Waals surface area contributed by atoms with Crippen molar-refractivity contribution in [3.63, 3.8) is 0 Å². The smallest absolute Gasteiger partial charge is 0.362 e. The van der Waals surface area contributed by atoms with Crippen LogP contribution in [0.3, 0.4) is 0 Å². The number of nitrogens with one attached hydrogen (secondary N) is 1. The molecule has 9 nitrogen and oxygen atoms in total. The van der Waals surface area contributed by atoms with Crippen LogP contribution < -0.4 is 16.6 Å². The van der Waals surface area contributed by atoms with Crippen LogP contribution in [0.5, 0.6) is 0 Å². The molecule has 0 aliphatic heterocycles. The Bertz CT molecular complexity index is 1210. The van der Waals surface area contributed by atoms with E-state index in [1.54, 1.807) is 36.4 Å².